The van der Waals surface area contributed by atoms with E-state index in [2.05, 4.69) is 107 Å². The van der Waals surface area contributed by atoms with Crippen LogP contribution in [-0.4, -0.2) is 0 Å². The normalized spacial score (nSPS) is 15.1. The lowest BCUT2D eigenvalue weighted by Crippen LogP contribution is -2.14. The predicted octanol–water partition coefficient (Wildman–Crippen LogP) is 9.49. The summed E-state index contributed by atoms with van der Waals surface area (Å²) in [6.07, 6.45) is 3.91. The summed E-state index contributed by atoms with van der Waals surface area (Å²) in [6.45, 7) is 18.6. The lowest BCUT2D eigenvalue weighted by molar-refractivity contribution is 0.661. The number of fused-ring (bicyclic) bond motifs is 4. The summed E-state index contributed by atoms with van der Waals surface area (Å²) in [4.78, 5) is 0. The van der Waals surface area contributed by atoms with Gasteiger partial charge in [0.1, 0.15) is 0 Å². The van der Waals surface area contributed by atoms with Crippen molar-refractivity contribution in [1.82, 2.24) is 0 Å². The van der Waals surface area contributed by atoms with Gasteiger partial charge in [0.25, 0.3) is 0 Å². The van der Waals surface area contributed by atoms with Gasteiger partial charge in [-0.1, -0.05) is 108 Å². The molecule has 0 bridgehead atoms. The van der Waals surface area contributed by atoms with E-state index < -0.39 is 0 Å². The largest absolute Gasteiger partial charge is 0.135 e. The molecule has 4 aromatic rings. The first-order valence-corrected chi connectivity index (χ1v) is 11.8. The molecule has 0 N–H and O–H groups in total. The molecular formula is C30H32S. The lowest BCUT2D eigenvalue weighted by atomic mass is 9.82. The van der Waals surface area contributed by atoms with Gasteiger partial charge < -0.3 is 0 Å². The summed E-state index contributed by atoms with van der Waals surface area (Å²) < 4.78 is 2.78. The zero-order valence-electron chi connectivity index (χ0n) is 19.3. The van der Waals surface area contributed by atoms with Crippen LogP contribution >= 0.6 is 11.3 Å². The topological polar surface area (TPSA) is 0 Å². The van der Waals surface area contributed by atoms with Crippen LogP contribution in [0.3, 0.4) is 0 Å². The van der Waals surface area contributed by atoms with Crippen LogP contribution in [0.15, 0.2) is 97.6 Å². The molecule has 0 atom stereocenters. The van der Waals surface area contributed by atoms with E-state index in [9.17, 15) is 0 Å². The second-order valence-corrected chi connectivity index (χ2v) is 9.15. The highest BCUT2D eigenvalue weighted by Gasteiger charge is 2.36. The Balaban J connectivity index is 0.000000163. The summed E-state index contributed by atoms with van der Waals surface area (Å²) in [5, 5.41) is 2.77. The van der Waals surface area contributed by atoms with Crippen molar-refractivity contribution < 1.29 is 0 Å². The SMILES string of the molecule is C=C/C=C1\C(=C)c2ccccc2C1(C)C.CC.Cc1ccc2c(c1)sc1ccccc12. The predicted molar refractivity (Wildman–Crippen MR) is 142 cm³/mol. The monoisotopic (exact) mass is 424 g/mol. The van der Waals surface area contributed by atoms with Gasteiger partial charge in [0.15, 0.2) is 0 Å². The Morgan fingerprint density at radius 2 is 1.48 bits per heavy atom. The van der Waals surface area contributed by atoms with E-state index in [1.807, 2.05) is 31.3 Å². The minimum absolute atomic E-state index is 0.0574. The van der Waals surface area contributed by atoms with Crippen LogP contribution < -0.4 is 0 Å². The number of aryl methyl sites for hydroxylation is 1. The molecule has 1 heteroatoms. The van der Waals surface area contributed by atoms with Crippen LogP contribution in [0.4, 0.5) is 0 Å². The number of benzene rings is 3. The first kappa shape index (κ1) is 22.8. The van der Waals surface area contributed by atoms with Crippen LogP contribution in [0.25, 0.3) is 25.7 Å². The third kappa shape index (κ3) is 4.29. The first-order chi connectivity index (χ1) is 14.9. The first-order valence-electron chi connectivity index (χ1n) is 10.9. The standard InChI is InChI=1S/C15H16.C13H10S.C2H6/c1-5-8-13-11(2)12-9-6-7-10-14(12)15(13,3)4;1-9-6-7-11-10-4-2-3-5-12(10)14-13(11)8-9;1-2/h5-10H,1-2H2,3-4H3;2-8H,1H3;1-2H3/b13-8+;;. The molecule has 1 aliphatic carbocycles. The van der Waals surface area contributed by atoms with Crippen molar-refractivity contribution in [2.45, 2.75) is 40.0 Å². The summed E-state index contributed by atoms with van der Waals surface area (Å²) in [5.74, 6) is 0. The highest BCUT2D eigenvalue weighted by atomic mass is 32.1. The number of thiophene rings is 1. The molecule has 1 heterocycles. The third-order valence-corrected chi connectivity index (χ3v) is 6.88. The summed E-state index contributed by atoms with van der Waals surface area (Å²) in [6, 6.07) is 23.7. The maximum atomic E-state index is 4.18. The minimum atomic E-state index is 0.0574. The van der Waals surface area contributed by atoms with Gasteiger partial charge in [0, 0.05) is 25.6 Å². The second-order valence-electron chi connectivity index (χ2n) is 8.06. The van der Waals surface area contributed by atoms with Gasteiger partial charge in [-0.25, -0.2) is 0 Å². The number of allylic oxidation sites excluding steroid dienone is 4. The van der Waals surface area contributed by atoms with E-state index in [-0.39, 0.29) is 5.41 Å². The van der Waals surface area contributed by atoms with Crippen molar-refractivity contribution >= 4 is 37.1 Å². The zero-order valence-corrected chi connectivity index (χ0v) is 20.1. The molecule has 0 radical (unpaired) electrons. The highest BCUT2D eigenvalue weighted by molar-refractivity contribution is 7.25. The molecule has 0 aliphatic heterocycles. The maximum Gasteiger partial charge on any atom is 0.0358 e. The van der Waals surface area contributed by atoms with Gasteiger partial charge in [-0.05, 0) is 46.9 Å². The average Bonchev–Trinajstić information content (AvgIpc) is 3.24. The molecule has 1 aliphatic rings. The highest BCUT2D eigenvalue weighted by Crippen LogP contribution is 2.48. The molecule has 0 amide bonds. The molecule has 0 saturated heterocycles. The molecule has 1 aromatic heterocycles. The van der Waals surface area contributed by atoms with Crippen molar-refractivity contribution in [3.05, 3.63) is 114 Å². The number of rotatable bonds is 1. The summed E-state index contributed by atoms with van der Waals surface area (Å²) in [5.41, 5.74) is 6.44. The molecule has 5 rings (SSSR count). The summed E-state index contributed by atoms with van der Waals surface area (Å²) >= 11 is 1.88. The number of hydrogen-bond acceptors (Lipinski definition) is 1. The molecule has 0 fully saturated rings. The van der Waals surface area contributed by atoms with E-state index in [1.165, 1.54) is 42.4 Å². The van der Waals surface area contributed by atoms with E-state index in [0.29, 0.717) is 0 Å². The molecule has 158 valence electrons. The Hall–Kier alpha value is -2.90. The molecule has 3 aromatic carbocycles. The molecular weight excluding hydrogens is 392 g/mol. The minimum Gasteiger partial charge on any atom is -0.135 e. The Morgan fingerprint density at radius 1 is 0.839 bits per heavy atom. The van der Waals surface area contributed by atoms with Crippen molar-refractivity contribution in [3.63, 3.8) is 0 Å². The molecule has 0 unspecified atom stereocenters. The maximum absolute atomic E-state index is 4.18. The smallest absolute Gasteiger partial charge is 0.0358 e. The van der Waals surface area contributed by atoms with Crippen LogP contribution in [0.1, 0.15) is 44.4 Å². The molecule has 0 spiro atoms. The van der Waals surface area contributed by atoms with Crippen LogP contribution in [0.2, 0.25) is 0 Å². The Morgan fingerprint density at radius 3 is 2.19 bits per heavy atom. The fourth-order valence-electron chi connectivity index (χ4n) is 4.22. The van der Waals surface area contributed by atoms with E-state index in [4.69, 9.17) is 0 Å². The van der Waals surface area contributed by atoms with Gasteiger partial charge in [-0.15, -0.1) is 11.3 Å². The Labute approximate surface area is 191 Å². The van der Waals surface area contributed by atoms with Crippen LogP contribution in [0.5, 0.6) is 0 Å². The van der Waals surface area contributed by atoms with E-state index in [0.717, 1.165) is 5.57 Å². The van der Waals surface area contributed by atoms with Gasteiger partial charge in [-0.3, -0.25) is 0 Å². The van der Waals surface area contributed by atoms with Crippen molar-refractivity contribution in [3.8, 4) is 0 Å². The van der Waals surface area contributed by atoms with Gasteiger partial charge in [0.05, 0.1) is 0 Å². The average molecular weight is 425 g/mol. The Bertz CT molecular complexity index is 1260. The molecule has 0 nitrogen and oxygen atoms in total. The van der Waals surface area contributed by atoms with Gasteiger partial charge in [-0.2, -0.15) is 0 Å². The zero-order chi connectivity index (χ0) is 22.6. The summed E-state index contributed by atoms with van der Waals surface area (Å²) in [7, 11) is 0. The van der Waals surface area contributed by atoms with Crippen molar-refractivity contribution in [2.24, 2.45) is 0 Å². The van der Waals surface area contributed by atoms with E-state index >= 15 is 0 Å². The second kappa shape index (κ2) is 9.49. The van der Waals surface area contributed by atoms with E-state index in [1.54, 1.807) is 0 Å². The number of hydrogen-bond donors (Lipinski definition) is 0. The van der Waals surface area contributed by atoms with Gasteiger partial charge >= 0.3 is 0 Å². The van der Waals surface area contributed by atoms with Crippen LogP contribution in [0, 0.1) is 6.92 Å². The quantitative estimate of drug-likeness (QED) is 0.285. The molecule has 0 saturated carbocycles. The third-order valence-electron chi connectivity index (χ3n) is 5.74. The lowest BCUT2D eigenvalue weighted by Gasteiger charge is -2.21. The van der Waals surface area contributed by atoms with Crippen molar-refractivity contribution in [2.75, 3.05) is 0 Å². The van der Waals surface area contributed by atoms with Gasteiger partial charge in [0.2, 0.25) is 0 Å². The fourth-order valence-corrected chi connectivity index (χ4v) is 5.42. The van der Waals surface area contributed by atoms with Crippen LogP contribution in [-0.2, 0) is 5.41 Å². The Kier molecular flexibility index (Phi) is 6.97. The van der Waals surface area contributed by atoms with Crippen molar-refractivity contribution in [1.29, 1.82) is 0 Å². The molecule has 31 heavy (non-hydrogen) atoms. The fraction of sp³-hybridized carbons (Fsp3) is 0.200.